The van der Waals surface area contributed by atoms with Crippen molar-refractivity contribution in [1.29, 1.82) is 0 Å². The molecule has 2 heterocycles. The van der Waals surface area contributed by atoms with Gasteiger partial charge in [0.2, 0.25) is 0 Å². The van der Waals surface area contributed by atoms with E-state index in [0.717, 1.165) is 40.6 Å². The lowest BCUT2D eigenvalue weighted by Gasteiger charge is -2.16. The zero-order valence-corrected chi connectivity index (χ0v) is 16.5. The molecule has 0 saturated carbocycles. The summed E-state index contributed by atoms with van der Waals surface area (Å²) in [6, 6.07) is 15.0. The van der Waals surface area contributed by atoms with Crippen LogP contribution in [0.25, 0.3) is 5.69 Å². The summed E-state index contributed by atoms with van der Waals surface area (Å²) in [6.07, 6.45) is 2.04. The average Bonchev–Trinajstić information content (AvgIpc) is 3.14. The maximum atomic E-state index is 11.0. The Labute approximate surface area is 169 Å². The normalized spacial score (nSPS) is 15.2. The first-order chi connectivity index (χ1) is 14.1. The molecule has 4 rings (SSSR count). The lowest BCUT2D eigenvalue weighted by atomic mass is 10.0. The standard InChI is InChI=1S/C22H23N3O4/c1-3-28-20-12-16-14-23-22(15-7-9-17(10-8-15)25(26)27)18-6-5-11-24(18)19(16)13-21(20)29-4-2/h5-13,22-23H,3-4,14H2,1-2H3/p+1. The first kappa shape index (κ1) is 19.0. The van der Waals surface area contributed by atoms with E-state index in [1.165, 1.54) is 0 Å². The third kappa shape index (κ3) is 3.56. The lowest BCUT2D eigenvalue weighted by Crippen LogP contribution is -2.83. The van der Waals surface area contributed by atoms with Gasteiger partial charge >= 0.3 is 0 Å². The Morgan fingerprint density at radius 3 is 2.45 bits per heavy atom. The van der Waals surface area contributed by atoms with Gasteiger partial charge in [-0.15, -0.1) is 0 Å². The first-order valence-electron chi connectivity index (χ1n) is 9.80. The summed E-state index contributed by atoms with van der Waals surface area (Å²) in [6.45, 7) is 5.81. The van der Waals surface area contributed by atoms with Crippen LogP contribution >= 0.6 is 0 Å². The molecule has 0 spiro atoms. The fraction of sp³-hybridized carbons (Fsp3) is 0.273. The molecule has 29 heavy (non-hydrogen) atoms. The van der Waals surface area contributed by atoms with Gasteiger partial charge in [-0.2, -0.15) is 0 Å². The smallest absolute Gasteiger partial charge is 0.269 e. The van der Waals surface area contributed by atoms with Gasteiger partial charge in [0, 0.05) is 35.5 Å². The molecule has 3 aromatic rings. The number of quaternary nitrogens is 1. The molecule has 0 aliphatic carbocycles. The van der Waals surface area contributed by atoms with Gasteiger partial charge in [-0.1, -0.05) is 0 Å². The molecule has 0 bridgehead atoms. The van der Waals surface area contributed by atoms with Crippen molar-refractivity contribution in [3.05, 3.63) is 81.7 Å². The van der Waals surface area contributed by atoms with Crippen molar-refractivity contribution in [2.45, 2.75) is 26.4 Å². The molecule has 2 N–H and O–H groups in total. The summed E-state index contributed by atoms with van der Waals surface area (Å²) in [7, 11) is 0. The van der Waals surface area contributed by atoms with E-state index in [1.807, 2.05) is 44.3 Å². The molecular weight excluding hydrogens is 370 g/mol. The van der Waals surface area contributed by atoms with Crippen LogP contribution in [0.2, 0.25) is 0 Å². The van der Waals surface area contributed by atoms with Crippen molar-refractivity contribution in [2.75, 3.05) is 13.2 Å². The summed E-state index contributed by atoms with van der Waals surface area (Å²) in [5.41, 5.74) is 4.46. The van der Waals surface area contributed by atoms with E-state index in [1.54, 1.807) is 12.1 Å². The summed E-state index contributed by atoms with van der Waals surface area (Å²) in [4.78, 5) is 10.6. The second-order valence-corrected chi connectivity index (χ2v) is 6.86. The molecule has 1 aliphatic heterocycles. The Bertz CT molecular complexity index is 1030. The molecule has 7 nitrogen and oxygen atoms in total. The van der Waals surface area contributed by atoms with Gasteiger partial charge in [-0.05, 0) is 44.2 Å². The Kier molecular flexibility index (Phi) is 5.22. The fourth-order valence-electron chi connectivity index (χ4n) is 3.86. The van der Waals surface area contributed by atoms with Gasteiger partial charge in [-0.25, -0.2) is 0 Å². The molecule has 1 aromatic heterocycles. The molecule has 0 amide bonds. The Balaban J connectivity index is 1.77. The van der Waals surface area contributed by atoms with E-state index in [2.05, 4.69) is 22.0 Å². The van der Waals surface area contributed by atoms with Crippen molar-refractivity contribution in [3.8, 4) is 17.2 Å². The Morgan fingerprint density at radius 1 is 1.10 bits per heavy atom. The summed E-state index contributed by atoms with van der Waals surface area (Å²) < 4.78 is 13.8. The highest BCUT2D eigenvalue weighted by Crippen LogP contribution is 2.36. The van der Waals surface area contributed by atoms with Crippen LogP contribution in [0.4, 0.5) is 5.69 Å². The van der Waals surface area contributed by atoms with Gasteiger partial charge in [0.15, 0.2) is 17.5 Å². The minimum atomic E-state index is -0.371. The SMILES string of the molecule is CCOc1cc2c(cc1OCC)-n1cccc1C(c1ccc([N+](=O)[O-])cc1)[NH2+]C2. The lowest BCUT2D eigenvalue weighted by molar-refractivity contribution is -0.702. The number of fused-ring (bicyclic) bond motifs is 3. The number of ether oxygens (including phenoxy) is 2. The molecule has 0 fully saturated rings. The van der Waals surface area contributed by atoms with Gasteiger partial charge in [0.05, 0.1) is 29.5 Å². The van der Waals surface area contributed by atoms with Crippen LogP contribution < -0.4 is 14.8 Å². The number of nitro groups is 1. The number of hydrogen-bond acceptors (Lipinski definition) is 4. The number of nitrogens with zero attached hydrogens (tertiary/aromatic N) is 2. The number of non-ortho nitro benzene ring substituents is 1. The monoisotopic (exact) mass is 394 g/mol. The molecule has 1 aliphatic rings. The van der Waals surface area contributed by atoms with E-state index in [4.69, 9.17) is 9.47 Å². The zero-order chi connectivity index (χ0) is 20.4. The number of benzene rings is 2. The molecule has 1 unspecified atom stereocenters. The highest BCUT2D eigenvalue weighted by Gasteiger charge is 2.28. The molecule has 2 aromatic carbocycles. The summed E-state index contributed by atoms with van der Waals surface area (Å²) in [5.74, 6) is 1.49. The highest BCUT2D eigenvalue weighted by atomic mass is 16.6. The largest absolute Gasteiger partial charge is 0.490 e. The van der Waals surface area contributed by atoms with E-state index in [9.17, 15) is 10.1 Å². The third-order valence-corrected chi connectivity index (χ3v) is 5.14. The van der Waals surface area contributed by atoms with Crippen LogP contribution in [0.1, 0.15) is 36.7 Å². The first-order valence-corrected chi connectivity index (χ1v) is 9.80. The van der Waals surface area contributed by atoms with Crippen molar-refractivity contribution in [2.24, 2.45) is 0 Å². The third-order valence-electron chi connectivity index (χ3n) is 5.14. The van der Waals surface area contributed by atoms with Crippen LogP contribution in [0, 0.1) is 10.1 Å². The van der Waals surface area contributed by atoms with Crippen molar-refractivity contribution in [3.63, 3.8) is 0 Å². The second-order valence-electron chi connectivity index (χ2n) is 6.86. The second kappa shape index (κ2) is 7.97. The molecule has 1 atom stereocenters. The van der Waals surface area contributed by atoms with Crippen molar-refractivity contribution >= 4 is 5.69 Å². The number of aromatic nitrogens is 1. The van der Waals surface area contributed by atoms with Gasteiger partial charge in [0.1, 0.15) is 6.54 Å². The van der Waals surface area contributed by atoms with Crippen LogP contribution in [0.5, 0.6) is 11.5 Å². The Hall–Kier alpha value is -3.32. The number of nitrogens with two attached hydrogens (primary N) is 1. The number of hydrogen-bond donors (Lipinski definition) is 1. The predicted molar refractivity (Wildman–Crippen MR) is 109 cm³/mol. The Morgan fingerprint density at radius 2 is 1.79 bits per heavy atom. The van der Waals surface area contributed by atoms with Crippen LogP contribution in [-0.2, 0) is 6.54 Å². The van der Waals surface area contributed by atoms with E-state index in [-0.39, 0.29) is 16.7 Å². The summed E-state index contributed by atoms with van der Waals surface area (Å²) >= 11 is 0. The van der Waals surface area contributed by atoms with E-state index in [0.29, 0.717) is 13.2 Å². The number of rotatable bonds is 6. The van der Waals surface area contributed by atoms with E-state index < -0.39 is 0 Å². The predicted octanol–water partition coefficient (Wildman–Crippen LogP) is 3.35. The van der Waals surface area contributed by atoms with E-state index >= 15 is 0 Å². The topological polar surface area (TPSA) is 83.1 Å². The maximum Gasteiger partial charge on any atom is 0.269 e. The highest BCUT2D eigenvalue weighted by molar-refractivity contribution is 5.56. The van der Waals surface area contributed by atoms with Crippen molar-refractivity contribution in [1.82, 2.24) is 4.57 Å². The van der Waals surface area contributed by atoms with Crippen LogP contribution in [0.3, 0.4) is 0 Å². The zero-order valence-electron chi connectivity index (χ0n) is 16.5. The average molecular weight is 394 g/mol. The van der Waals surface area contributed by atoms with Gasteiger partial charge < -0.3 is 19.4 Å². The molecule has 0 radical (unpaired) electrons. The summed E-state index contributed by atoms with van der Waals surface area (Å²) in [5, 5.41) is 13.2. The van der Waals surface area contributed by atoms with Crippen LogP contribution in [0.15, 0.2) is 54.7 Å². The molecule has 0 saturated heterocycles. The quantitative estimate of drug-likeness (QED) is 0.513. The molecule has 150 valence electrons. The van der Waals surface area contributed by atoms with Gasteiger partial charge in [0.25, 0.3) is 5.69 Å². The molecular formula is C22H24N3O4+. The van der Waals surface area contributed by atoms with Gasteiger partial charge in [-0.3, -0.25) is 10.1 Å². The number of nitro benzene ring substituents is 1. The minimum Gasteiger partial charge on any atom is -0.490 e. The maximum absolute atomic E-state index is 11.0. The van der Waals surface area contributed by atoms with Crippen molar-refractivity contribution < 1.29 is 19.7 Å². The minimum absolute atomic E-state index is 0.0318. The fourth-order valence-corrected chi connectivity index (χ4v) is 3.86. The van der Waals surface area contributed by atoms with Crippen LogP contribution in [-0.4, -0.2) is 22.7 Å². The molecule has 7 heteroatoms.